The van der Waals surface area contributed by atoms with Crippen molar-refractivity contribution in [3.05, 3.63) is 18.5 Å². The normalized spacial score (nSPS) is 22.0. The third-order valence-corrected chi connectivity index (χ3v) is 4.89. The van der Waals surface area contributed by atoms with Crippen molar-refractivity contribution in [3.63, 3.8) is 0 Å². The largest absolute Gasteiger partial charge is 0.294 e. The number of nitrogens with zero attached hydrogens (tertiary/aromatic N) is 8. The molecule has 8 heteroatoms. The fourth-order valence-electron chi connectivity index (χ4n) is 3.33. The number of rotatable bonds is 5. The van der Waals surface area contributed by atoms with Gasteiger partial charge in [0.1, 0.15) is 12.7 Å². The average molecular weight is 302 g/mol. The van der Waals surface area contributed by atoms with Crippen molar-refractivity contribution < 1.29 is 0 Å². The van der Waals surface area contributed by atoms with Crippen LogP contribution in [0.25, 0.3) is 0 Å². The molecule has 8 nitrogen and oxygen atoms in total. The molecule has 0 aromatic carbocycles. The van der Waals surface area contributed by atoms with Gasteiger partial charge in [-0.2, -0.15) is 5.10 Å². The van der Waals surface area contributed by atoms with Gasteiger partial charge in [0, 0.05) is 6.54 Å². The van der Waals surface area contributed by atoms with Gasteiger partial charge in [-0.15, -0.1) is 5.10 Å². The maximum Gasteiger partial charge on any atom is 0.168 e. The molecule has 0 amide bonds. The van der Waals surface area contributed by atoms with E-state index in [1.165, 1.54) is 25.7 Å². The van der Waals surface area contributed by atoms with Gasteiger partial charge in [0.25, 0.3) is 0 Å². The van der Waals surface area contributed by atoms with Gasteiger partial charge in [-0.1, -0.05) is 0 Å². The second kappa shape index (κ2) is 5.75. The maximum absolute atomic E-state index is 4.27. The van der Waals surface area contributed by atoms with E-state index in [1.807, 2.05) is 9.36 Å². The summed E-state index contributed by atoms with van der Waals surface area (Å²) in [4.78, 5) is 6.52. The Balaban J connectivity index is 1.35. The molecular formula is C14H22N8. The molecule has 22 heavy (non-hydrogen) atoms. The first-order valence-corrected chi connectivity index (χ1v) is 8.15. The Kier molecular flexibility index (Phi) is 3.61. The molecular weight excluding hydrogens is 280 g/mol. The average Bonchev–Trinajstić information content (AvgIpc) is 3.06. The molecule has 0 bridgehead atoms. The molecule has 2 aliphatic rings. The van der Waals surface area contributed by atoms with Crippen molar-refractivity contribution in [2.24, 2.45) is 5.92 Å². The monoisotopic (exact) mass is 302 g/mol. The zero-order chi connectivity index (χ0) is 14.9. The van der Waals surface area contributed by atoms with Gasteiger partial charge >= 0.3 is 0 Å². The first-order chi connectivity index (χ1) is 10.8. The summed E-state index contributed by atoms with van der Waals surface area (Å²) in [5.41, 5.74) is 0. The fraction of sp³-hybridized carbons (Fsp3) is 0.786. The molecule has 1 atom stereocenters. The highest BCUT2D eigenvalue weighted by Gasteiger charge is 2.32. The van der Waals surface area contributed by atoms with Crippen molar-refractivity contribution in [1.82, 2.24) is 39.9 Å². The molecule has 4 rings (SSSR count). The quantitative estimate of drug-likeness (QED) is 0.822. The van der Waals surface area contributed by atoms with Gasteiger partial charge in [0.2, 0.25) is 0 Å². The van der Waals surface area contributed by atoms with E-state index in [2.05, 4.69) is 37.4 Å². The van der Waals surface area contributed by atoms with E-state index >= 15 is 0 Å². The topological polar surface area (TPSA) is 77.5 Å². The molecule has 1 aliphatic carbocycles. The molecule has 0 radical (unpaired) electrons. The predicted molar refractivity (Wildman–Crippen MR) is 78.8 cm³/mol. The van der Waals surface area contributed by atoms with Crippen LogP contribution in [0.3, 0.4) is 0 Å². The summed E-state index contributed by atoms with van der Waals surface area (Å²) in [6, 6.07) is 0.834. The summed E-state index contributed by atoms with van der Waals surface area (Å²) in [5, 5.41) is 16.5. The Morgan fingerprint density at radius 2 is 2.05 bits per heavy atom. The third kappa shape index (κ3) is 2.75. The van der Waals surface area contributed by atoms with E-state index in [0.717, 1.165) is 25.5 Å². The lowest BCUT2D eigenvalue weighted by Crippen LogP contribution is -2.37. The van der Waals surface area contributed by atoms with Crippen molar-refractivity contribution in [3.8, 4) is 0 Å². The number of piperidine rings is 1. The molecule has 0 N–H and O–H groups in total. The van der Waals surface area contributed by atoms with E-state index in [1.54, 1.807) is 12.7 Å². The Bertz CT molecular complexity index is 594. The number of aromatic nitrogens is 7. The van der Waals surface area contributed by atoms with Crippen LogP contribution >= 0.6 is 0 Å². The summed E-state index contributed by atoms with van der Waals surface area (Å²) in [6.45, 7) is 5.39. The highest BCUT2D eigenvalue weighted by Crippen LogP contribution is 2.36. The second-order valence-corrected chi connectivity index (χ2v) is 6.49. The number of likely N-dealkylation sites (tertiary alicyclic amines) is 1. The SMILES string of the molecule is CC(c1nnnn1C1CC1)N1CCC(Cn2cncn2)CC1. The Morgan fingerprint density at radius 3 is 2.73 bits per heavy atom. The van der Waals surface area contributed by atoms with E-state index in [0.29, 0.717) is 18.0 Å². The van der Waals surface area contributed by atoms with Crippen molar-refractivity contribution >= 4 is 0 Å². The molecule has 118 valence electrons. The lowest BCUT2D eigenvalue weighted by atomic mass is 9.96. The fourth-order valence-corrected chi connectivity index (χ4v) is 3.33. The van der Waals surface area contributed by atoms with Crippen LogP contribution in [-0.2, 0) is 6.54 Å². The maximum atomic E-state index is 4.27. The Labute approximate surface area is 129 Å². The van der Waals surface area contributed by atoms with Crippen LogP contribution < -0.4 is 0 Å². The molecule has 1 saturated carbocycles. The zero-order valence-electron chi connectivity index (χ0n) is 12.9. The lowest BCUT2D eigenvalue weighted by molar-refractivity contribution is 0.125. The molecule has 0 spiro atoms. The summed E-state index contributed by atoms with van der Waals surface area (Å²) in [5.74, 6) is 1.71. The molecule has 1 unspecified atom stereocenters. The van der Waals surface area contributed by atoms with Crippen LogP contribution in [-0.4, -0.2) is 53.0 Å². The minimum absolute atomic E-state index is 0.294. The van der Waals surface area contributed by atoms with E-state index in [9.17, 15) is 0 Å². The van der Waals surface area contributed by atoms with Gasteiger partial charge < -0.3 is 0 Å². The van der Waals surface area contributed by atoms with Gasteiger partial charge in [-0.25, -0.2) is 9.67 Å². The molecule has 1 saturated heterocycles. The van der Waals surface area contributed by atoms with Crippen molar-refractivity contribution in [2.75, 3.05) is 13.1 Å². The lowest BCUT2D eigenvalue weighted by Gasteiger charge is -2.35. The first kappa shape index (κ1) is 13.8. The van der Waals surface area contributed by atoms with E-state index < -0.39 is 0 Å². The van der Waals surface area contributed by atoms with Crippen LogP contribution in [0.1, 0.15) is 50.5 Å². The second-order valence-electron chi connectivity index (χ2n) is 6.49. The van der Waals surface area contributed by atoms with Crippen molar-refractivity contribution in [2.45, 2.75) is 51.2 Å². The number of hydrogen-bond acceptors (Lipinski definition) is 6. The number of hydrogen-bond donors (Lipinski definition) is 0. The Hall–Kier alpha value is -1.83. The molecule has 1 aliphatic heterocycles. The van der Waals surface area contributed by atoms with Crippen LogP contribution in [0.4, 0.5) is 0 Å². The van der Waals surface area contributed by atoms with Crippen LogP contribution in [0, 0.1) is 5.92 Å². The van der Waals surface area contributed by atoms with Crippen LogP contribution in [0.2, 0.25) is 0 Å². The zero-order valence-corrected chi connectivity index (χ0v) is 12.9. The highest BCUT2D eigenvalue weighted by atomic mass is 15.6. The van der Waals surface area contributed by atoms with Gasteiger partial charge in [0.15, 0.2) is 5.82 Å². The van der Waals surface area contributed by atoms with Crippen molar-refractivity contribution in [1.29, 1.82) is 0 Å². The van der Waals surface area contributed by atoms with Gasteiger partial charge in [-0.3, -0.25) is 9.58 Å². The standard InChI is InChI=1S/C14H22N8/c1-11(14-17-18-19-22(14)13-2-3-13)20-6-4-12(5-7-20)8-21-10-15-9-16-21/h9-13H,2-8H2,1H3. The van der Waals surface area contributed by atoms with Crippen LogP contribution in [0.5, 0.6) is 0 Å². The summed E-state index contributed by atoms with van der Waals surface area (Å²) in [7, 11) is 0. The predicted octanol–water partition coefficient (Wildman–Crippen LogP) is 1.07. The third-order valence-electron chi connectivity index (χ3n) is 4.89. The number of tetrazole rings is 1. The Morgan fingerprint density at radius 1 is 1.23 bits per heavy atom. The summed E-state index contributed by atoms with van der Waals surface area (Å²) >= 11 is 0. The molecule has 2 fully saturated rings. The molecule has 2 aromatic rings. The minimum atomic E-state index is 0.294. The van der Waals surface area contributed by atoms with E-state index in [-0.39, 0.29) is 0 Å². The molecule has 3 heterocycles. The highest BCUT2D eigenvalue weighted by molar-refractivity contribution is 4.97. The molecule has 2 aromatic heterocycles. The van der Waals surface area contributed by atoms with Gasteiger partial charge in [0.05, 0.1) is 12.1 Å². The smallest absolute Gasteiger partial charge is 0.168 e. The van der Waals surface area contributed by atoms with Crippen LogP contribution in [0.15, 0.2) is 12.7 Å². The first-order valence-electron chi connectivity index (χ1n) is 8.15. The van der Waals surface area contributed by atoms with Gasteiger partial charge in [-0.05, 0) is 62.0 Å². The van der Waals surface area contributed by atoms with E-state index in [4.69, 9.17) is 0 Å². The summed E-state index contributed by atoms with van der Waals surface area (Å²) in [6.07, 6.45) is 8.22. The minimum Gasteiger partial charge on any atom is -0.294 e. The summed E-state index contributed by atoms with van der Waals surface area (Å²) < 4.78 is 3.98.